The Hall–Kier alpha value is -0.980. The van der Waals surface area contributed by atoms with Crippen LogP contribution in [0.5, 0.6) is 0 Å². The zero-order chi connectivity index (χ0) is 11.4. The first kappa shape index (κ1) is 11.5. The zero-order valence-electron chi connectivity index (χ0n) is 8.96. The zero-order valence-corrected chi connectivity index (χ0v) is 9.78. The van der Waals surface area contributed by atoms with Gasteiger partial charge in [-0.05, 0) is 17.7 Å². The smallest absolute Gasteiger partial charge is 0.212 e. The monoisotopic (exact) mass is 241 g/mol. The third-order valence-corrected chi connectivity index (χ3v) is 3.95. The highest BCUT2D eigenvalue weighted by molar-refractivity contribution is 7.89. The number of hydrogen-bond acceptors (Lipinski definition) is 4. The van der Waals surface area contributed by atoms with Crippen LogP contribution in [0.2, 0.25) is 0 Å². The SMILES string of the molecule is O=S1(=O)CCN(Cc2ccncc2)CCN1. The lowest BCUT2D eigenvalue weighted by atomic mass is 10.2. The van der Waals surface area contributed by atoms with Crippen molar-refractivity contribution in [1.29, 1.82) is 0 Å². The van der Waals surface area contributed by atoms with Crippen molar-refractivity contribution >= 4 is 10.0 Å². The second kappa shape index (κ2) is 4.90. The highest BCUT2D eigenvalue weighted by Crippen LogP contribution is 2.05. The van der Waals surface area contributed by atoms with Gasteiger partial charge in [0.2, 0.25) is 10.0 Å². The van der Waals surface area contributed by atoms with E-state index in [2.05, 4.69) is 14.6 Å². The van der Waals surface area contributed by atoms with Gasteiger partial charge < -0.3 is 0 Å². The van der Waals surface area contributed by atoms with Crippen LogP contribution in [0.3, 0.4) is 0 Å². The fourth-order valence-corrected chi connectivity index (χ4v) is 2.74. The molecule has 0 unspecified atom stereocenters. The molecule has 0 saturated carbocycles. The van der Waals surface area contributed by atoms with Crippen molar-refractivity contribution in [2.24, 2.45) is 0 Å². The average Bonchev–Trinajstić information content (AvgIpc) is 2.42. The van der Waals surface area contributed by atoms with Crippen molar-refractivity contribution in [3.05, 3.63) is 30.1 Å². The lowest BCUT2D eigenvalue weighted by Crippen LogP contribution is -2.28. The van der Waals surface area contributed by atoms with Gasteiger partial charge in [-0.2, -0.15) is 0 Å². The minimum Gasteiger partial charge on any atom is -0.297 e. The first-order chi connectivity index (χ1) is 7.66. The van der Waals surface area contributed by atoms with Gasteiger partial charge in [0, 0.05) is 38.6 Å². The van der Waals surface area contributed by atoms with Gasteiger partial charge >= 0.3 is 0 Å². The van der Waals surface area contributed by atoms with Crippen molar-refractivity contribution < 1.29 is 8.42 Å². The minimum absolute atomic E-state index is 0.179. The number of hydrogen-bond donors (Lipinski definition) is 1. The summed E-state index contributed by atoms with van der Waals surface area (Å²) < 4.78 is 25.2. The van der Waals surface area contributed by atoms with Crippen LogP contribution < -0.4 is 4.72 Å². The van der Waals surface area contributed by atoms with E-state index in [0.29, 0.717) is 13.1 Å². The molecule has 1 aromatic heterocycles. The first-order valence-corrected chi connectivity index (χ1v) is 6.89. The maximum absolute atomic E-state index is 11.3. The Bertz CT molecular complexity index is 433. The second-order valence-corrected chi connectivity index (χ2v) is 5.77. The van der Waals surface area contributed by atoms with Crippen LogP contribution in [0.1, 0.15) is 5.56 Å². The lowest BCUT2D eigenvalue weighted by Gasteiger charge is -2.18. The molecule has 16 heavy (non-hydrogen) atoms. The van der Waals surface area contributed by atoms with Crippen LogP contribution in [0, 0.1) is 0 Å². The number of sulfonamides is 1. The maximum atomic E-state index is 11.3. The second-order valence-electron chi connectivity index (χ2n) is 3.84. The molecule has 0 aromatic carbocycles. The molecule has 0 spiro atoms. The molecule has 0 amide bonds. The summed E-state index contributed by atoms with van der Waals surface area (Å²) in [7, 11) is -3.05. The Morgan fingerprint density at radius 1 is 1.31 bits per heavy atom. The Morgan fingerprint density at radius 3 is 2.81 bits per heavy atom. The summed E-state index contributed by atoms with van der Waals surface area (Å²) in [6.45, 7) is 2.60. The molecule has 0 radical (unpaired) electrons. The molecule has 1 aromatic rings. The number of pyridine rings is 1. The Kier molecular flexibility index (Phi) is 3.52. The van der Waals surface area contributed by atoms with Crippen LogP contribution in [0.4, 0.5) is 0 Å². The van der Waals surface area contributed by atoms with Gasteiger partial charge in [0.05, 0.1) is 5.75 Å². The number of rotatable bonds is 2. The largest absolute Gasteiger partial charge is 0.297 e. The van der Waals surface area contributed by atoms with Gasteiger partial charge in [0.25, 0.3) is 0 Å². The van der Waals surface area contributed by atoms with Gasteiger partial charge in [-0.25, -0.2) is 13.1 Å². The summed E-state index contributed by atoms with van der Waals surface area (Å²) in [5.74, 6) is 0.179. The molecule has 1 N–H and O–H groups in total. The summed E-state index contributed by atoms with van der Waals surface area (Å²) in [4.78, 5) is 6.09. The molecule has 0 atom stereocenters. The molecule has 5 nitrogen and oxygen atoms in total. The molecule has 88 valence electrons. The standard InChI is InChI=1S/C10H15N3O2S/c14-16(15)8-7-13(6-5-12-16)9-10-1-3-11-4-2-10/h1-4,12H,5-9H2. The van der Waals surface area contributed by atoms with E-state index >= 15 is 0 Å². The maximum Gasteiger partial charge on any atom is 0.212 e. The minimum atomic E-state index is -3.05. The van der Waals surface area contributed by atoms with E-state index in [4.69, 9.17) is 0 Å². The van der Waals surface area contributed by atoms with Crippen molar-refractivity contribution in [1.82, 2.24) is 14.6 Å². The third kappa shape index (κ3) is 3.26. The predicted octanol–water partition coefficient (Wildman–Crippen LogP) is -0.183. The summed E-state index contributed by atoms with van der Waals surface area (Å²) >= 11 is 0. The van der Waals surface area contributed by atoms with Crippen molar-refractivity contribution in [3.8, 4) is 0 Å². The average molecular weight is 241 g/mol. The Morgan fingerprint density at radius 2 is 2.06 bits per heavy atom. The molecule has 0 aliphatic carbocycles. The first-order valence-electron chi connectivity index (χ1n) is 5.24. The molecular formula is C10H15N3O2S. The Labute approximate surface area is 95.5 Å². The molecule has 1 saturated heterocycles. The number of nitrogens with zero attached hydrogens (tertiary/aromatic N) is 2. The summed E-state index contributed by atoms with van der Waals surface area (Å²) in [6.07, 6.45) is 3.50. The Balaban J connectivity index is 1.97. The summed E-state index contributed by atoms with van der Waals surface area (Å²) in [6, 6.07) is 3.90. The van der Waals surface area contributed by atoms with E-state index in [1.54, 1.807) is 12.4 Å². The van der Waals surface area contributed by atoms with Gasteiger partial charge in [0.1, 0.15) is 0 Å². The van der Waals surface area contributed by atoms with E-state index in [1.165, 1.54) is 0 Å². The number of aromatic nitrogens is 1. The summed E-state index contributed by atoms with van der Waals surface area (Å²) in [5.41, 5.74) is 1.16. The molecule has 1 fully saturated rings. The van der Waals surface area contributed by atoms with E-state index < -0.39 is 10.0 Å². The quantitative estimate of drug-likeness (QED) is 0.780. The van der Waals surface area contributed by atoms with E-state index in [9.17, 15) is 8.42 Å². The molecule has 6 heteroatoms. The van der Waals surface area contributed by atoms with Crippen LogP contribution in [-0.2, 0) is 16.6 Å². The number of nitrogens with one attached hydrogen (secondary N) is 1. The molecule has 2 heterocycles. The van der Waals surface area contributed by atoms with Crippen LogP contribution in [0.15, 0.2) is 24.5 Å². The molecule has 2 rings (SSSR count). The normalized spacial score (nSPS) is 21.5. The van der Waals surface area contributed by atoms with Crippen molar-refractivity contribution in [2.45, 2.75) is 6.54 Å². The molecule has 0 bridgehead atoms. The van der Waals surface area contributed by atoms with E-state index in [0.717, 1.165) is 18.7 Å². The van der Waals surface area contributed by atoms with Crippen molar-refractivity contribution in [2.75, 3.05) is 25.4 Å². The third-order valence-electron chi connectivity index (χ3n) is 2.58. The fraction of sp³-hybridized carbons (Fsp3) is 0.500. The fourth-order valence-electron chi connectivity index (χ4n) is 1.70. The topological polar surface area (TPSA) is 62.3 Å². The molecular weight excluding hydrogens is 226 g/mol. The van der Waals surface area contributed by atoms with Crippen LogP contribution >= 0.6 is 0 Å². The summed E-state index contributed by atoms with van der Waals surface area (Å²) in [5, 5.41) is 0. The van der Waals surface area contributed by atoms with Gasteiger partial charge in [-0.3, -0.25) is 9.88 Å². The van der Waals surface area contributed by atoms with E-state index in [-0.39, 0.29) is 5.75 Å². The van der Waals surface area contributed by atoms with Crippen molar-refractivity contribution in [3.63, 3.8) is 0 Å². The highest BCUT2D eigenvalue weighted by atomic mass is 32.2. The van der Waals surface area contributed by atoms with E-state index in [1.807, 2.05) is 12.1 Å². The van der Waals surface area contributed by atoms with Gasteiger partial charge in [0.15, 0.2) is 0 Å². The predicted molar refractivity (Wildman–Crippen MR) is 61.3 cm³/mol. The lowest BCUT2D eigenvalue weighted by molar-refractivity contribution is 0.292. The molecule has 1 aliphatic heterocycles. The highest BCUT2D eigenvalue weighted by Gasteiger charge is 2.17. The van der Waals surface area contributed by atoms with Crippen LogP contribution in [-0.4, -0.2) is 43.7 Å². The van der Waals surface area contributed by atoms with Gasteiger partial charge in [-0.15, -0.1) is 0 Å². The van der Waals surface area contributed by atoms with Crippen LogP contribution in [0.25, 0.3) is 0 Å². The molecule has 1 aliphatic rings. The van der Waals surface area contributed by atoms with Gasteiger partial charge in [-0.1, -0.05) is 0 Å².